The van der Waals surface area contributed by atoms with E-state index in [1.165, 1.54) is 6.08 Å². The summed E-state index contributed by atoms with van der Waals surface area (Å²) in [7, 11) is 0. The average molecular weight is 228 g/mol. The molecule has 0 saturated carbocycles. The van der Waals surface area contributed by atoms with Crippen LogP contribution in [0.15, 0.2) is 36.4 Å². The minimum absolute atomic E-state index is 0.116. The molecule has 3 heteroatoms. The Bertz CT molecular complexity index is 456. The summed E-state index contributed by atoms with van der Waals surface area (Å²) in [6, 6.07) is 9.45. The van der Waals surface area contributed by atoms with Gasteiger partial charge in [-0.05, 0) is 23.6 Å². The molecule has 0 aliphatic carbocycles. The van der Waals surface area contributed by atoms with E-state index in [0.29, 0.717) is 18.0 Å². The fraction of sp³-hybridized carbons (Fsp3) is 0.286. The summed E-state index contributed by atoms with van der Waals surface area (Å²) in [5, 5.41) is 11.0. The quantitative estimate of drug-likeness (QED) is 0.805. The standard InChI is InChI=1S/C14H16N2O/c1-11(2)12-6-5-7-13(10-12)14(17)16-9-4-3-8-15/h3-7,10-11H,9H2,1-2H3,(H,16,17)/b4-3+. The van der Waals surface area contributed by atoms with Crippen molar-refractivity contribution in [1.29, 1.82) is 5.26 Å². The van der Waals surface area contributed by atoms with Gasteiger partial charge in [0.2, 0.25) is 0 Å². The van der Waals surface area contributed by atoms with Crippen LogP contribution in [-0.4, -0.2) is 12.5 Å². The highest BCUT2D eigenvalue weighted by Gasteiger charge is 2.06. The number of nitrogens with zero attached hydrogens (tertiary/aromatic N) is 1. The normalized spacial score (nSPS) is 10.5. The SMILES string of the molecule is CC(C)c1cccc(C(=O)NC/C=C/C#N)c1. The molecule has 3 nitrogen and oxygen atoms in total. The molecular weight excluding hydrogens is 212 g/mol. The molecule has 88 valence electrons. The van der Waals surface area contributed by atoms with Gasteiger partial charge in [0.15, 0.2) is 0 Å². The highest BCUT2D eigenvalue weighted by Crippen LogP contribution is 2.15. The number of rotatable bonds is 4. The lowest BCUT2D eigenvalue weighted by Crippen LogP contribution is -2.23. The number of carbonyl (C=O) groups excluding carboxylic acids is 1. The first-order chi connectivity index (χ1) is 8.15. The molecule has 1 aromatic rings. The van der Waals surface area contributed by atoms with Crippen molar-refractivity contribution in [2.24, 2.45) is 0 Å². The van der Waals surface area contributed by atoms with Gasteiger partial charge in [-0.3, -0.25) is 4.79 Å². The van der Waals surface area contributed by atoms with Gasteiger partial charge in [0.05, 0.1) is 6.07 Å². The zero-order valence-corrected chi connectivity index (χ0v) is 10.1. The maximum atomic E-state index is 11.8. The molecule has 17 heavy (non-hydrogen) atoms. The second-order valence-electron chi connectivity index (χ2n) is 4.02. The Morgan fingerprint density at radius 2 is 2.29 bits per heavy atom. The molecule has 1 N–H and O–H groups in total. The number of nitriles is 1. The third-order valence-corrected chi connectivity index (χ3v) is 2.39. The van der Waals surface area contributed by atoms with Crippen LogP contribution in [0.3, 0.4) is 0 Å². The fourth-order valence-corrected chi connectivity index (χ4v) is 1.40. The van der Waals surface area contributed by atoms with E-state index in [9.17, 15) is 4.79 Å². The Balaban J connectivity index is 2.66. The van der Waals surface area contributed by atoms with Crippen LogP contribution in [-0.2, 0) is 0 Å². The van der Waals surface area contributed by atoms with Crippen LogP contribution >= 0.6 is 0 Å². The van der Waals surface area contributed by atoms with Crippen molar-refractivity contribution in [2.75, 3.05) is 6.54 Å². The van der Waals surface area contributed by atoms with Crippen molar-refractivity contribution in [3.8, 4) is 6.07 Å². The van der Waals surface area contributed by atoms with Crippen LogP contribution in [0.1, 0.15) is 35.7 Å². The van der Waals surface area contributed by atoms with Crippen LogP contribution in [0.5, 0.6) is 0 Å². The van der Waals surface area contributed by atoms with Gasteiger partial charge in [-0.25, -0.2) is 0 Å². The summed E-state index contributed by atoms with van der Waals surface area (Å²) < 4.78 is 0. The summed E-state index contributed by atoms with van der Waals surface area (Å²) in [6.45, 7) is 4.55. The lowest BCUT2D eigenvalue weighted by molar-refractivity contribution is 0.0958. The van der Waals surface area contributed by atoms with E-state index in [0.717, 1.165) is 5.56 Å². The number of carbonyl (C=O) groups is 1. The van der Waals surface area contributed by atoms with Crippen molar-refractivity contribution in [3.05, 3.63) is 47.5 Å². The second kappa shape index (κ2) is 6.49. The molecule has 0 fully saturated rings. The van der Waals surface area contributed by atoms with E-state index < -0.39 is 0 Å². The van der Waals surface area contributed by atoms with Crippen molar-refractivity contribution >= 4 is 5.91 Å². The third-order valence-electron chi connectivity index (χ3n) is 2.39. The lowest BCUT2D eigenvalue weighted by Gasteiger charge is -2.07. The third kappa shape index (κ3) is 4.12. The van der Waals surface area contributed by atoms with Crippen LogP contribution in [0.2, 0.25) is 0 Å². The van der Waals surface area contributed by atoms with E-state index >= 15 is 0 Å². The molecule has 0 aliphatic rings. The molecule has 0 spiro atoms. The minimum Gasteiger partial charge on any atom is -0.349 e. The van der Waals surface area contributed by atoms with E-state index in [1.54, 1.807) is 12.1 Å². The number of allylic oxidation sites excluding steroid dienone is 1. The molecule has 0 bridgehead atoms. The van der Waals surface area contributed by atoms with Gasteiger partial charge in [-0.15, -0.1) is 0 Å². The monoisotopic (exact) mass is 228 g/mol. The Kier molecular flexibility index (Phi) is 4.96. The molecule has 1 aromatic carbocycles. The van der Waals surface area contributed by atoms with Gasteiger partial charge in [-0.1, -0.05) is 32.1 Å². The molecule has 0 radical (unpaired) electrons. The number of hydrogen-bond acceptors (Lipinski definition) is 2. The Hall–Kier alpha value is -2.08. The van der Waals surface area contributed by atoms with Crippen LogP contribution in [0, 0.1) is 11.3 Å². The molecule has 0 aliphatic heterocycles. The number of amides is 1. The average Bonchev–Trinajstić information content (AvgIpc) is 2.34. The summed E-state index contributed by atoms with van der Waals surface area (Å²) >= 11 is 0. The van der Waals surface area contributed by atoms with Gasteiger partial charge >= 0.3 is 0 Å². The lowest BCUT2D eigenvalue weighted by atomic mass is 10.0. The van der Waals surface area contributed by atoms with Crippen molar-refractivity contribution in [3.63, 3.8) is 0 Å². The second-order valence-corrected chi connectivity index (χ2v) is 4.02. The van der Waals surface area contributed by atoms with Crippen LogP contribution < -0.4 is 5.32 Å². The zero-order chi connectivity index (χ0) is 12.7. The maximum Gasteiger partial charge on any atom is 0.251 e. The first-order valence-electron chi connectivity index (χ1n) is 5.58. The molecule has 1 rings (SSSR count). The molecule has 0 atom stereocenters. The van der Waals surface area contributed by atoms with Crippen molar-refractivity contribution < 1.29 is 4.79 Å². The topological polar surface area (TPSA) is 52.9 Å². The minimum atomic E-state index is -0.116. The predicted octanol–water partition coefficient (Wildman–Crippen LogP) is 2.62. The predicted molar refractivity (Wildman–Crippen MR) is 67.6 cm³/mol. The number of benzene rings is 1. The van der Waals surface area contributed by atoms with Gasteiger partial charge in [-0.2, -0.15) is 5.26 Å². The molecule has 0 saturated heterocycles. The van der Waals surface area contributed by atoms with E-state index in [-0.39, 0.29) is 5.91 Å². The molecule has 0 aromatic heterocycles. The van der Waals surface area contributed by atoms with Gasteiger partial charge < -0.3 is 5.32 Å². The van der Waals surface area contributed by atoms with Crippen LogP contribution in [0.25, 0.3) is 0 Å². The van der Waals surface area contributed by atoms with Crippen LogP contribution in [0.4, 0.5) is 0 Å². The Labute approximate surface area is 102 Å². The summed E-state index contributed by atoms with van der Waals surface area (Å²) in [5.74, 6) is 0.288. The first kappa shape index (κ1) is 13.0. The molecule has 1 amide bonds. The van der Waals surface area contributed by atoms with E-state index in [2.05, 4.69) is 19.2 Å². The molecule has 0 heterocycles. The number of nitrogens with one attached hydrogen (secondary N) is 1. The van der Waals surface area contributed by atoms with Crippen molar-refractivity contribution in [2.45, 2.75) is 19.8 Å². The Morgan fingerprint density at radius 1 is 1.53 bits per heavy atom. The maximum absolute atomic E-state index is 11.8. The first-order valence-corrected chi connectivity index (χ1v) is 5.58. The van der Waals surface area contributed by atoms with Crippen molar-refractivity contribution in [1.82, 2.24) is 5.32 Å². The highest BCUT2D eigenvalue weighted by atomic mass is 16.1. The zero-order valence-electron chi connectivity index (χ0n) is 10.1. The highest BCUT2D eigenvalue weighted by molar-refractivity contribution is 5.94. The smallest absolute Gasteiger partial charge is 0.251 e. The van der Waals surface area contributed by atoms with E-state index in [1.807, 2.05) is 24.3 Å². The van der Waals surface area contributed by atoms with Gasteiger partial charge in [0.1, 0.15) is 0 Å². The molecular formula is C14H16N2O. The summed E-state index contributed by atoms with van der Waals surface area (Å²) in [4.78, 5) is 11.8. The number of hydrogen-bond donors (Lipinski definition) is 1. The molecule has 0 unspecified atom stereocenters. The van der Waals surface area contributed by atoms with E-state index in [4.69, 9.17) is 5.26 Å². The summed E-state index contributed by atoms with van der Waals surface area (Å²) in [5.41, 5.74) is 1.80. The Morgan fingerprint density at radius 3 is 2.94 bits per heavy atom. The largest absolute Gasteiger partial charge is 0.349 e. The fourth-order valence-electron chi connectivity index (χ4n) is 1.40. The van der Waals surface area contributed by atoms with Gasteiger partial charge in [0.25, 0.3) is 5.91 Å². The van der Waals surface area contributed by atoms with Gasteiger partial charge in [0, 0.05) is 18.2 Å². The summed E-state index contributed by atoms with van der Waals surface area (Å²) in [6.07, 6.45) is 2.97.